The van der Waals surface area contributed by atoms with Crippen molar-refractivity contribution in [2.75, 3.05) is 44.2 Å². The number of pyridine rings is 1. The van der Waals surface area contributed by atoms with E-state index in [0.717, 1.165) is 6.54 Å². The van der Waals surface area contributed by atoms with Crippen LogP contribution < -0.4 is 10.2 Å². The third-order valence-corrected chi connectivity index (χ3v) is 7.54. The molecule has 0 saturated carbocycles. The summed E-state index contributed by atoms with van der Waals surface area (Å²) in [6.45, 7) is 13.2. The zero-order valence-corrected chi connectivity index (χ0v) is 21.6. The monoisotopic (exact) mass is 491 g/mol. The van der Waals surface area contributed by atoms with Crippen molar-refractivity contribution in [3.05, 3.63) is 23.5 Å². The van der Waals surface area contributed by atoms with Crippen molar-refractivity contribution >= 4 is 17.5 Å². The number of carbonyl (C=O) groups is 2. The molecule has 4 heterocycles. The van der Waals surface area contributed by atoms with E-state index < -0.39 is 11.3 Å². The Labute approximate surface area is 207 Å². The van der Waals surface area contributed by atoms with Crippen LogP contribution in [0.4, 0.5) is 14.5 Å². The molecule has 2 saturated heterocycles. The first-order valence-corrected chi connectivity index (χ1v) is 12.9. The van der Waals surface area contributed by atoms with Gasteiger partial charge in [0.15, 0.2) is 0 Å². The number of nitrogens with zero attached hydrogens (tertiary/aromatic N) is 4. The summed E-state index contributed by atoms with van der Waals surface area (Å²) in [6, 6.07) is 1.71. The van der Waals surface area contributed by atoms with E-state index >= 15 is 0 Å². The van der Waals surface area contributed by atoms with Gasteiger partial charge in [-0.05, 0) is 18.9 Å². The van der Waals surface area contributed by atoms with E-state index in [4.69, 9.17) is 0 Å². The van der Waals surface area contributed by atoms with Gasteiger partial charge in [0.05, 0.1) is 17.9 Å². The molecule has 0 aromatic carbocycles. The molecule has 1 aromatic rings. The summed E-state index contributed by atoms with van der Waals surface area (Å²) in [5, 5.41) is 3.47. The fourth-order valence-corrected chi connectivity index (χ4v) is 5.68. The minimum atomic E-state index is -2.98. The molecule has 0 aliphatic carbocycles. The van der Waals surface area contributed by atoms with Crippen molar-refractivity contribution in [2.45, 2.75) is 77.3 Å². The largest absolute Gasteiger partial charge is 0.341 e. The first-order valence-electron chi connectivity index (χ1n) is 12.9. The maximum absolute atomic E-state index is 14.7. The number of nitrogens with one attached hydrogen (secondary N) is 1. The van der Waals surface area contributed by atoms with E-state index in [1.54, 1.807) is 11.8 Å². The number of halogens is 2. The van der Waals surface area contributed by atoms with Crippen LogP contribution in [0.2, 0.25) is 0 Å². The lowest BCUT2D eigenvalue weighted by molar-refractivity contribution is -0.128. The number of aromatic nitrogens is 1. The second-order valence-corrected chi connectivity index (χ2v) is 11.4. The normalized spacial score (nSPS) is 26.9. The number of likely N-dealkylation sites (tertiary alicyclic amines) is 1. The first-order chi connectivity index (χ1) is 16.4. The first kappa shape index (κ1) is 25.9. The molecule has 1 N–H and O–H groups in total. The fraction of sp³-hybridized carbons (Fsp3) is 0.731. The molecule has 7 nitrogen and oxygen atoms in total. The van der Waals surface area contributed by atoms with Crippen molar-refractivity contribution in [3.63, 3.8) is 0 Å². The smallest absolute Gasteiger partial charge is 0.274 e. The van der Waals surface area contributed by atoms with Crippen LogP contribution in [0.3, 0.4) is 0 Å². The van der Waals surface area contributed by atoms with Crippen molar-refractivity contribution < 1.29 is 18.4 Å². The SMILES string of the molecule is CCCC(F)(F)c1cnc2c(c1)N(C(=O)CN1C[C@@H](C)NC[C@@H]1CN1CC(C)CC1=O)CC2(C)C. The van der Waals surface area contributed by atoms with E-state index in [1.165, 1.54) is 12.3 Å². The molecule has 0 radical (unpaired) electrons. The number of hydrogen-bond acceptors (Lipinski definition) is 5. The van der Waals surface area contributed by atoms with Crippen LogP contribution in [0.15, 0.2) is 12.3 Å². The van der Waals surface area contributed by atoms with Crippen LogP contribution in [0.25, 0.3) is 0 Å². The molecule has 2 amide bonds. The van der Waals surface area contributed by atoms with Crippen LogP contribution >= 0.6 is 0 Å². The molecule has 1 unspecified atom stereocenters. The molecular formula is C26H39F2N5O2. The van der Waals surface area contributed by atoms with Crippen LogP contribution in [-0.4, -0.2) is 78.0 Å². The van der Waals surface area contributed by atoms with Crippen LogP contribution in [-0.2, 0) is 20.9 Å². The highest BCUT2D eigenvalue weighted by Gasteiger charge is 2.43. The van der Waals surface area contributed by atoms with Crippen LogP contribution in [0.1, 0.15) is 65.1 Å². The summed E-state index contributed by atoms with van der Waals surface area (Å²) in [4.78, 5) is 36.1. The van der Waals surface area contributed by atoms with Crippen molar-refractivity contribution in [1.82, 2.24) is 20.1 Å². The molecular weight excluding hydrogens is 452 g/mol. The molecule has 9 heteroatoms. The molecule has 35 heavy (non-hydrogen) atoms. The Morgan fingerprint density at radius 3 is 2.69 bits per heavy atom. The molecule has 3 aliphatic rings. The van der Waals surface area contributed by atoms with Gasteiger partial charge in [-0.3, -0.25) is 19.5 Å². The van der Waals surface area contributed by atoms with E-state index in [2.05, 4.69) is 29.0 Å². The van der Waals surface area contributed by atoms with Gasteiger partial charge in [0.2, 0.25) is 11.8 Å². The summed E-state index contributed by atoms with van der Waals surface area (Å²) >= 11 is 0. The zero-order valence-electron chi connectivity index (χ0n) is 21.6. The molecule has 194 valence electrons. The van der Waals surface area contributed by atoms with Crippen LogP contribution in [0, 0.1) is 5.92 Å². The average Bonchev–Trinajstić information content (AvgIpc) is 3.24. The lowest BCUT2D eigenvalue weighted by Crippen LogP contribution is -2.61. The van der Waals surface area contributed by atoms with Gasteiger partial charge in [-0.25, -0.2) is 8.78 Å². The Balaban J connectivity index is 1.54. The molecule has 3 atom stereocenters. The summed E-state index contributed by atoms with van der Waals surface area (Å²) in [6.07, 6.45) is 1.96. The number of amides is 2. The highest BCUT2D eigenvalue weighted by Crippen LogP contribution is 2.42. The third-order valence-electron chi connectivity index (χ3n) is 7.54. The molecule has 3 aliphatic heterocycles. The Kier molecular flexibility index (Phi) is 7.21. The van der Waals surface area contributed by atoms with Gasteiger partial charge in [-0.2, -0.15) is 0 Å². The Morgan fingerprint density at radius 1 is 1.29 bits per heavy atom. The topological polar surface area (TPSA) is 68.8 Å². The van der Waals surface area contributed by atoms with Crippen molar-refractivity contribution in [1.29, 1.82) is 0 Å². The summed E-state index contributed by atoms with van der Waals surface area (Å²) in [5.74, 6) is -2.57. The minimum absolute atomic E-state index is 0.0258. The molecule has 0 bridgehead atoms. The van der Waals surface area contributed by atoms with Gasteiger partial charge in [0.25, 0.3) is 5.92 Å². The molecule has 2 fully saturated rings. The quantitative estimate of drug-likeness (QED) is 0.635. The van der Waals surface area contributed by atoms with Crippen LogP contribution in [0.5, 0.6) is 0 Å². The summed E-state index contributed by atoms with van der Waals surface area (Å²) < 4.78 is 29.3. The van der Waals surface area contributed by atoms with Crippen molar-refractivity contribution in [2.24, 2.45) is 5.92 Å². The van der Waals surface area contributed by atoms with Gasteiger partial charge < -0.3 is 15.1 Å². The predicted molar refractivity (Wildman–Crippen MR) is 132 cm³/mol. The van der Waals surface area contributed by atoms with Gasteiger partial charge in [-0.1, -0.05) is 34.1 Å². The van der Waals surface area contributed by atoms with Gasteiger partial charge >= 0.3 is 0 Å². The lowest BCUT2D eigenvalue weighted by atomic mass is 9.91. The number of alkyl halides is 2. The molecule has 4 rings (SSSR count). The Bertz CT molecular complexity index is 969. The third kappa shape index (κ3) is 5.35. The van der Waals surface area contributed by atoms with Gasteiger partial charge in [0, 0.05) is 74.8 Å². The summed E-state index contributed by atoms with van der Waals surface area (Å²) in [5.41, 5.74) is 0.627. The van der Waals surface area contributed by atoms with Gasteiger partial charge in [-0.15, -0.1) is 0 Å². The maximum Gasteiger partial charge on any atom is 0.274 e. The highest BCUT2D eigenvalue weighted by molar-refractivity contribution is 5.97. The number of piperazine rings is 1. The van der Waals surface area contributed by atoms with E-state index in [0.29, 0.717) is 56.3 Å². The number of carbonyl (C=O) groups excluding carboxylic acids is 2. The number of hydrogen-bond donors (Lipinski definition) is 1. The van der Waals surface area contributed by atoms with Crippen molar-refractivity contribution in [3.8, 4) is 0 Å². The summed E-state index contributed by atoms with van der Waals surface area (Å²) in [7, 11) is 0. The second kappa shape index (κ2) is 9.73. The fourth-order valence-electron chi connectivity index (χ4n) is 5.68. The Morgan fingerprint density at radius 2 is 2.03 bits per heavy atom. The predicted octanol–water partition coefficient (Wildman–Crippen LogP) is 3.13. The average molecular weight is 492 g/mol. The number of anilines is 1. The number of fused-ring (bicyclic) bond motifs is 1. The number of rotatable bonds is 7. The van der Waals surface area contributed by atoms with E-state index in [-0.39, 0.29) is 42.4 Å². The molecule has 0 spiro atoms. The Hall–Kier alpha value is -2.13. The molecule has 1 aromatic heterocycles. The second-order valence-electron chi connectivity index (χ2n) is 11.4. The maximum atomic E-state index is 14.7. The standard InChI is InChI=1S/C26H39F2N5O2/c1-6-7-26(27,28)19-9-21-24(30-10-19)25(4,5)16-33(21)23(35)15-31-13-18(3)29-11-20(31)14-32-12-17(2)8-22(32)34/h9-10,17-18,20,29H,6-8,11-16H2,1-5H3/t17?,18-,20-/m1/s1. The highest BCUT2D eigenvalue weighted by atomic mass is 19.3. The lowest BCUT2D eigenvalue weighted by Gasteiger charge is -2.41. The van der Waals surface area contributed by atoms with E-state index in [9.17, 15) is 18.4 Å². The zero-order chi connectivity index (χ0) is 25.5. The minimum Gasteiger partial charge on any atom is -0.341 e. The van der Waals surface area contributed by atoms with Gasteiger partial charge in [0.1, 0.15) is 0 Å². The van der Waals surface area contributed by atoms with E-state index in [1.807, 2.05) is 18.7 Å².